The zero-order valence-corrected chi connectivity index (χ0v) is 16.7. The molecule has 0 amide bonds. The third kappa shape index (κ3) is 7.07. The number of esters is 2. The largest absolute Gasteiger partial charge is 0.463 e. The van der Waals surface area contributed by atoms with Crippen LogP contribution in [0.2, 0.25) is 0 Å². The van der Waals surface area contributed by atoms with Gasteiger partial charge in [0.25, 0.3) is 0 Å². The zero-order chi connectivity index (χ0) is 18.1. The van der Waals surface area contributed by atoms with Crippen LogP contribution in [-0.2, 0) is 23.8 Å². The van der Waals surface area contributed by atoms with Gasteiger partial charge in [0.1, 0.15) is 12.7 Å². The molecule has 0 aromatic carbocycles. The minimum Gasteiger partial charge on any atom is -0.463 e. The first-order valence-corrected chi connectivity index (χ1v) is 10.6. The molecule has 2 unspecified atom stereocenters. The van der Waals surface area contributed by atoms with Gasteiger partial charge in [-0.1, -0.05) is 54.5 Å². The number of ether oxygens (including phenoxy) is 3. The topological polar surface area (TPSA) is 61.8 Å². The van der Waals surface area contributed by atoms with Crippen LogP contribution in [0.3, 0.4) is 0 Å². The van der Waals surface area contributed by atoms with Gasteiger partial charge in [-0.15, -0.1) is 0 Å². The van der Waals surface area contributed by atoms with Crippen LogP contribution in [0.4, 0.5) is 0 Å². The van der Waals surface area contributed by atoms with Crippen molar-refractivity contribution in [3.05, 3.63) is 12.2 Å². The number of hydrogen-bond donors (Lipinski definition) is 0. The maximum atomic E-state index is 11.4. The molecule has 0 N–H and O–H groups in total. The lowest BCUT2D eigenvalue weighted by atomic mass is 9.84. The Labute approximate surface area is 152 Å². The van der Waals surface area contributed by atoms with E-state index in [4.69, 9.17) is 14.2 Å². The molecule has 1 aliphatic rings. The van der Waals surface area contributed by atoms with E-state index in [1.807, 2.05) is 6.92 Å². The minimum atomic E-state index is -0.316. The predicted molar refractivity (Wildman–Crippen MR) is 98.7 cm³/mol. The van der Waals surface area contributed by atoms with Crippen LogP contribution in [-0.4, -0.2) is 41.9 Å². The van der Waals surface area contributed by atoms with Crippen LogP contribution in [0.25, 0.3) is 0 Å². The quantitative estimate of drug-likeness (QED) is 0.276. The van der Waals surface area contributed by atoms with Crippen molar-refractivity contribution in [2.45, 2.75) is 58.7 Å². The number of carbonyl (C=O) groups excluding carboxylic acids is 2. The van der Waals surface area contributed by atoms with Crippen LogP contribution >= 0.6 is 21.6 Å². The second kappa shape index (κ2) is 11.1. The monoisotopic (exact) mass is 376 g/mol. The van der Waals surface area contributed by atoms with Gasteiger partial charge in [-0.3, -0.25) is 9.59 Å². The highest BCUT2D eigenvalue weighted by molar-refractivity contribution is 8.76. The van der Waals surface area contributed by atoms with Crippen molar-refractivity contribution in [1.82, 2.24) is 0 Å². The molecule has 138 valence electrons. The molecule has 1 aliphatic heterocycles. The van der Waals surface area contributed by atoms with E-state index in [1.54, 1.807) is 21.6 Å². The second-order valence-electron chi connectivity index (χ2n) is 5.90. The fourth-order valence-electron chi connectivity index (χ4n) is 2.46. The van der Waals surface area contributed by atoms with Gasteiger partial charge < -0.3 is 14.2 Å². The van der Waals surface area contributed by atoms with Crippen molar-refractivity contribution in [2.24, 2.45) is 11.8 Å². The molecule has 0 saturated carbocycles. The van der Waals surface area contributed by atoms with E-state index < -0.39 is 0 Å². The Morgan fingerprint density at radius 3 is 2.42 bits per heavy atom. The minimum absolute atomic E-state index is 0.118. The molecular weight excluding hydrogens is 348 g/mol. The van der Waals surface area contributed by atoms with E-state index in [-0.39, 0.29) is 48.0 Å². The Morgan fingerprint density at radius 2 is 1.83 bits per heavy atom. The van der Waals surface area contributed by atoms with Crippen molar-refractivity contribution in [3.63, 3.8) is 0 Å². The zero-order valence-electron chi connectivity index (χ0n) is 15.0. The summed E-state index contributed by atoms with van der Waals surface area (Å²) in [5.41, 5.74) is -0.277. The number of carbonyl (C=O) groups is 2. The van der Waals surface area contributed by atoms with E-state index in [1.165, 1.54) is 13.8 Å². The Kier molecular flexibility index (Phi) is 9.85. The second-order valence-corrected chi connectivity index (χ2v) is 8.41. The standard InChI is InChI=1S/C17H28O5S2/c1-6-7-8-9-23-24-17-16(21-14(5)19)12(3)11(2)15(22-17)10-20-13(4)18/h7-8,11-12,15-17H,6,9-10H2,1-5H3/b8-7-/t11-,12-,15?,16?,17-/m0/s1. The van der Waals surface area contributed by atoms with Gasteiger partial charge in [-0.05, 0) is 12.3 Å². The van der Waals surface area contributed by atoms with Crippen molar-refractivity contribution >= 4 is 33.5 Å². The summed E-state index contributed by atoms with van der Waals surface area (Å²) in [7, 11) is 3.23. The van der Waals surface area contributed by atoms with Crippen molar-refractivity contribution in [2.75, 3.05) is 12.4 Å². The smallest absolute Gasteiger partial charge is 0.303 e. The third-order valence-electron chi connectivity index (χ3n) is 3.99. The van der Waals surface area contributed by atoms with E-state index in [0.29, 0.717) is 0 Å². The SMILES string of the molecule is CC/C=C\CSS[C@@H]1OC(COC(C)=O)[C@@H](C)[C@H](C)C1OC(C)=O. The highest BCUT2D eigenvalue weighted by Gasteiger charge is 2.44. The van der Waals surface area contributed by atoms with Crippen LogP contribution in [0, 0.1) is 11.8 Å². The van der Waals surface area contributed by atoms with Gasteiger partial charge in [-0.2, -0.15) is 0 Å². The molecule has 0 aromatic rings. The lowest BCUT2D eigenvalue weighted by Gasteiger charge is -2.43. The molecule has 5 nitrogen and oxygen atoms in total. The Balaban J connectivity index is 2.72. The number of rotatable bonds is 8. The summed E-state index contributed by atoms with van der Waals surface area (Å²) in [4.78, 5) is 22.5. The fourth-order valence-corrected chi connectivity index (χ4v) is 4.83. The number of hydrogen-bond acceptors (Lipinski definition) is 7. The normalized spacial score (nSPS) is 30.3. The molecule has 0 aliphatic carbocycles. The molecule has 0 aromatic heterocycles. The Hall–Kier alpha value is -0.660. The Morgan fingerprint density at radius 1 is 1.12 bits per heavy atom. The number of allylic oxidation sites excluding steroid dienone is 1. The average molecular weight is 377 g/mol. The lowest BCUT2D eigenvalue weighted by molar-refractivity contribution is -0.184. The van der Waals surface area contributed by atoms with Gasteiger partial charge in [0, 0.05) is 25.5 Å². The third-order valence-corrected chi connectivity index (χ3v) is 6.41. The molecule has 1 fully saturated rings. The highest BCUT2D eigenvalue weighted by atomic mass is 33.1. The molecule has 0 radical (unpaired) electrons. The van der Waals surface area contributed by atoms with Crippen molar-refractivity contribution < 1.29 is 23.8 Å². The van der Waals surface area contributed by atoms with Crippen LogP contribution in [0.15, 0.2) is 12.2 Å². The summed E-state index contributed by atoms with van der Waals surface area (Å²) < 4.78 is 16.7. The summed E-state index contributed by atoms with van der Waals surface area (Å²) in [5, 5.41) is 0. The van der Waals surface area contributed by atoms with Crippen molar-refractivity contribution in [3.8, 4) is 0 Å². The summed E-state index contributed by atoms with van der Waals surface area (Å²) in [6.07, 6.45) is 4.75. The molecule has 0 spiro atoms. The summed E-state index contributed by atoms with van der Waals surface area (Å²) in [5.74, 6) is 0.485. The first kappa shape index (κ1) is 21.4. The van der Waals surface area contributed by atoms with Crippen LogP contribution in [0.1, 0.15) is 41.0 Å². The molecule has 24 heavy (non-hydrogen) atoms. The van der Waals surface area contributed by atoms with Gasteiger partial charge >= 0.3 is 11.9 Å². The molecule has 5 atom stereocenters. The molecule has 1 rings (SSSR count). The predicted octanol–water partition coefficient (Wildman–Crippen LogP) is 3.83. The molecule has 1 heterocycles. The highest BCUT2D eigenvalue weighted by Crippen LogP contribution is 2.41. The fraction of sp³-hybridized carbons (Fsp3) is 0.765. The van der Waals surface area contributed by atoms with E-state index in [2.05, 4.69) is 26.0 Å². The first-order valence-electron chi connectivity index (χ1n) is 8.26. The Bertz CT molecular complexity index is 439. The average Bonchev–Trinajstić information content (AvgIpc) is 2.51. The van der Waals surface area contributed by atoms with Gasteiger partial charge in [-0.25, -0.2) is 0 Å². The van der Waals surface area contributed by atoms with E-state index in [9.17, 15) is 9.59 Å². The van der Waals surface area contributed by atoms with Crippen LogP contribution < -0.4 is 0 Å². The van der Waals surface area contributed by atoms with Gasteiger partial charge in [0.05, 0.1) is 6.10 Å². The molecular formula is C17H28O5S2. The van der Waals surface area contributed by atoms with E-state index in [0.717, 1.165) is 12.2 Å². The maximum absolute atomic E-state index is 11.4. The maximum Gasteiger partial charge on any atom is 0.303 e. The molecule has 1 saturated heterocycles. The van der Waals surface area contributed by atoms with Crippen molar-refractivity contribution in [1.29, 1.82) is 0 Å². The summed E-state index contributed by atoms with van der Waals surface area (Å²) >= 11 is 0. The van der Waals surface area contributed by atoms with E-state index >= 15 is 0 Å². The van der Waals surface area contributed by atoms with Gasteiger partial charge in [0.2, 0.25) is 0 Å². The summed E-state index contributed by atoms with van der Waals surface area (Å²) in [6.45, 7) is 9.22. The molecule has 7 heteroatoms. The van der Waals surface area contributed by atoms with Gasteiger partial charge in [0.15, 0.2) is 5.44 Å². The van der Waals surface area contributed by atoms with Crippen LogP contribution in [0.5, 0.6) is 0 Å². The summed E-state index contributed by atoms with van der Waals surface area (Å²) in [6, 6.07) is 0. The lowest BCUT2D eigenvalue weighted by Crippen LogP contribution is -2.51. The molecule has 0 bridgehead atoms. The first-order chi connectivity index (χ1) is 11.4.